The second kappa shape index (κ2) is 12.5. The number of esters is 1. The van der Waals surface area contributed by atoms with Crippen LogP contribution in [0.5, 0.6) is 0 Å². The van der Waals surface area contributed by atoms with Crippen LogP contribution in [0.15, 0.2) is 46.8 Å². The highest BCUT2D eigenvalue weighted by Gasteiger charge is 2.34. The molecule has 1 saturated heterocycles. The molecule has 2 N–H and O–H groups in total. The number of thiazole rings is 1. The summed E-state index contributed by atoms with van der Waals surface area (Å²) in [5.41, 5.74) is -0.0975. The van der Waals surface area contributed by atoms with Gasteiger partial charge in [-0.2, -0.15) is 13.2 Å². The first-order valence-corrected chi connectivity index (χ1v) is 14.5. The summed E-state index contributed by atoms with van der Waals surface area (Å²) in [6, 6.07) is 5.89. The molecule has 10 nitrogen and oxygen atoms in total. The summed E-state index contributed by atoms with van der Waals surface area (Å²) in [7, 11) is 0. The van der Waals surface area contributed by atoms with Gasteiger partial charge >= 0.3 is 18.2 Å². The fraction of sp³-hybridized carbons (Fsp3) is 0.345. The number of hydrogen-bond donors (Lipinski definition) is 2. The topological polar surface area (TPSA) is 124 Å². The molecule has 1 aliphatic rings. The molecule has 0 unspecified atom stereocenters. The van der Waals surface area contributed by atoms with Crippen molar-refractivity contribution in [1.82, 2.24) is 19.9 Å². The molecule has 0 spiro atoms. The summed E-state index contributed by atoms with van der Waals surface area (Å²) in [5, 5.41) is 6.29. The fourth-order valence-electron chi connectivity index (χ4n) is 4.86. The summed E-state index contributed by atoms with van der Waals surface area (Å²) in [5.74, 6) is -0.663. The minimum atomic E-state index is -4.65. The van der Waals surface area contributed by atoms with Crippen molar-refractivity contribution >= 4 is 40.1 Å². The Balaban J connectivity index is 1.67. The number of alkyl halides is 3. The smallest absolute Gasteiger partial charge is 0.434 e. The van der Waals surface area contributed by atoms with Crippen LogP contribution in [0.25, 0.3) is 32.6 Å². The summed E-state index contributed by atoms with van der Waals surface area (Å²) in [4.78, 5) is 46.5. The number of aromatic nitrogens is 3. The van der Waals surface area contributed by atoms with Crippen LogP contribution >= 0.6 is 11.3 Å². The van der Waals surface area contributed by atoms with Crippen molar-refractivity contribution in [1.29, 1.82) is 0 Å². The zero-order valence-electron chi connectivity index (χ0n) is 23.3. The maximum absolute atomic E-state index is 13.6. The molecular formula is C29H28F3N5O5S. The second-order valence-corrected chi connectivity index (χ2v) is 10.6. The van der Waals surface area contributed by atoms with Crippen molar-refractivity contribution in [3.8, 4) is 21.7 Å². The zero-order chi connectivity index (χ0) is 30.7. The third-order valence-electron chi connectivity index (χ3n) is 6.82. The summed E-state index contributed by atoms with van der Waals surface area (Å²) in [6.07, 6.45) is -0.121. The van der Waals surface area contributed by atoms with Crippen LogP contribution in [0.1, 0.15) is 42.7 Å². The quantitative estimate of drug-likeness (QED) is 0.244. The largest absolute Gasteiger partial charge is 0.462 e. The van der Waals surface area contributed by atoms with Gasteiger partial charge < -0.3 is 19.4 Å². The Bertz CT molecular complexity index is 1730. The molecule has 4 heterocycles. The van der Waals surface area contributed by atoms with Gasteiger partial charge in [0.1, 0.15) is 16.4 Å². The zero-order valence-corrected chi connectivity index (χ0v) is 24.1. The molecule has 0 radical (unpaired) electrons. The van der Waals surface area contributed by atoms with Crippen molar-refractivity contribution in [2.75, 3.05) is 25.1 Å². The average molecular weight is 616 g/mol. The number of urea groups is 1. The van der Waals surface area contributed by atoms with E-state index in [2.05, 4.69) is 20.6 Å². The number of carbonyl (C=O) groups excluding carboxylic acids is 2. The van der Waals surface area contributed by atoms with Crippen molar-refractivity contribution in [3.63, 3.8) is 0 Å². The number of pyridine rings is 2. The lowest BCUT2D eigenvalue weighted by molar-refractivity contribution is -0.140. The molecule has 14 heteroatoms. The number of hydrogen-bond acceptors (Lipinski definition) is 8. The molecule has 3 aromatic heterocycles. The normalized spacial score (nSPS) is 15.0. The van der Waals surface area contributed by atoms with Crippen LogP contribution in [0.2, 0.25) is 0 Å². The van der Waals surface area contributed by atoms with Gasteiger partial charge in [-0.3, -0.25) is 10.1 Å². The van der Waals surface area contributed by atoms with E-state index < -0.39 is 29.3 Å². The molecule has 1 aromatic carbocycles. The summed E-state index contributed by atoms with van der Waals surface area (Å²) >= 11 is 0.787. The Morgan fingerprint density at radius 2 is 2.02 bits per heavy atom. The van der Waals surface area contributed by atoms with Crippen molar-refractivity contribution in [2.45, 2.75) is 45.5 Å². The number of halogens is 3. The van der Waals surface area contributed by atoms with E-state index in [1.54, 1.807) is 36.6 Å². The van der Waals surface area contributed by atoms with Gasteiger partial charge in [0.2, 0.25) is 5.43 Å². The van der Waals surface area contributed by atoms with E-state index in [9.17, 15) is 27.6 Å². The molecule has 1 atom stereocenters. The average Bonchev–Trinajstić information content (AvgIpc) is 3.67. The van der Waals surface area contributed by atoms with Crippen LogP contribution < -0.4 is 16.1 Å². The van der Waals surface area contributed by atoms with E-state index in [1.165, 1.54) is 18.5 Å². The Labute approximate surface area is 247 Å². The van der Waals surface area contributed by atoms with E-state index in [-0.39, 0.29) is 40.0 Å². The molecule has 226 valence electrons. The number of anilines is 1. The second-order valence-electron chi connectivity index (χ2n) is 9.75. The maximum atomic E-state index is 13.6. The highest BCUT2D eigenvalue weighted by Crippen LogP contribution is 2.39. The van der Waals surface area contributed by atoms with Gasteiger partial charge in [-0.1, -0.05) is 6.07 Å². The summed E-state index contributed by atoms with van der Waals surface area (Å²) < 4.78 is 53.0. The van der Waals surface area contributed by atoms with E-state index in [4.69, 9.17) is 9.47 Å². The van der Waals surface area contributed by atoms with Crippen molar-refractivity contribution < 1.29 is 32.2 Å². The van der Waals surface area contributed by atoms with Gasteiger partial charge in [0, 0.05) is 54.0 Å². The summed E-state index contributed by atoms with van der Waals surface area (Å²) in [6.45, 7) is 4.86. The first-order chi connectivity index (χ1) is 20.6. The number of rotatable bonds is 8. The van der Waals surface area contributed by atoms with Gasteiger partial charge in [0.25, 0.3) is 0 Å². The Hall–Kier alpha value is -4.30. The van der Waals surface area contributed by atoms with Gasteiger partial charge in [-0.15, -0.1) is 11.3 Å². The van der Waals surface area contributed by atoms with Crippen molar-refractivity contribution in [3.05, 3.63) is 63.5 Å². The minimum Gasteiger partial charge on any atom is -0.462 e. The van der Waals surface area contributed by atoms with Gasteiger partial charge in [0.15, 0.2) is 5.69 Å². The van der Waals surface area contributed by atoms with Crippen LogP contribution in [0.4, 0.5) is 23.8 Å². The number of nitrogens with one attached hydrogen (secondary N) is 2. The van der Waals surface area contributed by atoms with Gasteiger partial charge in [0.05, 0.1) is 18.2 Å². The number of carbonyl (C=O) groups is 2. The molecule has 0 bridgehead atoms. The highest BCUT2D eigenvalue weighted by molar-refractivity contribution is 7.13. The fourth-order valence-corrected chi connectivity index (χ4v) is 5.71. The maximum Gasteiger partial charge on any atom is 0.434 e. The molecule has 5 rings (SSSR count). The van der Waals surface area contributed by atoms with Crippen molar-refractivity contribution in [2.24, 2.45) is 0 Å². The van der Waals surface area contributed by atoms with E-state index in [0.29, 0.717) is 36.3 Å². The highest BCUT2D eigenvalue weighted by atomic mass is 32.1. The van der Waals surface area contributed by atoms with Crippen LogP contribution in [-0.2, 0) is 22.2 Å². The molecule has 2 amide bonds. The lowest BCUT2D eigenvalue weighted by atomic mass is 9.99. The third kappa shape index (κ3) is 6.54. The first kappa shape index (κ1) is 30.2. The van der Waals surface area contributed by atoms with E-state index >= 15 is 0 Å². The first-order valence-electron chi connectivity index (χ1n) is 13.6. The number of fused-ring (bicyclic) bond motifs is 1. The minimum absolute atomic E-state index is 0.0415. The molecule has 0 saturated carbocycles. The number of benzene rings is 1. The lowest BCUT2D eigenvalue weighted by Gasteiger charge is -2.18. The SMILES string of the molecule is CCNC(=O)Nc1cc(-c2nc(C(F)(F)F)cs2)c(-c2ccc3c(c2)c(=O)c(C(=O)OCC)cn3C[C@@H]2CCCO2)cn1. The molecule has 43 heavy (non-hydrogen) atoms. The van der Waals surface area contributed by atoms with Crippen LogP contribution in [0, 0.1) is 0 Å². The molecular weight excluding hydrogens is 587 g/mol. The van der Waals surface area contributed by atoms with Crippen LogP contribution in [0.3, 0.4) is 0 Å². The number of amides is 2. The van der Waals surface area contributed by atoms with E-state index in [0.717, 1.165) is 29.6 Å². The Morgan fingerprint density at radius 3 is 2.70 bits per heavy atom. The number of nitrogens with zero attached hydrogens (tertiary/aromatic N) is 3. The number of ether oxygens (including phenoxy) is 2. The molecule has 4 aromatic rings. The monoisotopic (exact) mass is 615 g/mol. The lowest BCUT2D eigenvalue weighted by Crippen LogP contribution is -2.28. The predicted molar refractivity (Wildman–Crippen MR) is 155 cm³/mol. The molecule has 1 aliphatic heterocycles. The molecule has 1 fully saturated rings. The van der Waals surface area contributed by atoms with Crippen LogP contribution in [-0.4, -0.2) is 52.4 Å². The Kier molecular flexibility index (Phi) is 8.78. The standard InChI is InChI=1S/C29H28F3N5O5S/c1-3-33-28(40)36-24-11-18(26-35-23(15-43-26)29(30,31)32)20(12-34-24)16-7-8-22-19(10-16)25(38)21(27(39)41-4-2)14-37(22)13-17-6-5-9-42-17/h7-8,10-12,14-15,17H,3-6,9,13H2,1-2H3,(H2,33,34,36,40)/t17-/m0/s1. The molecule has 0 aliphatic carbocycles. The van der Waals surface area contributed by atoms with E-state index in [1.807, 2.05) is 0 Å². The predicted octanol–water partition coefficient (Wildman–Crippen LogP) is 5.70. The van der Waals surface area contributed by atoms with Gasteiger partial charge in [-0.25, -0.2) is 19.6 Å². The Morgan fingerprint density at radius 1 is 1.21 bits per heavy atom. The van der Waals surface area contributed by atoms with Gasteiger partial charge in [-0.05, 0) is 50.5 Å². The third-order valence-corrected chi connectivity index (χ3v) is 7.69.